The topological polar surface area (TPSA) is 63.4 Å². The van der Waals surface area contributed by atoms with E-state index in [1.165, 1.54) is 0 Å². The Bertz CT molecular complexity index is 234. The minimum absolute atomic E-state index is 0.309. The summed E-state index contributed by atoms with van der Waals surface area (Å²) in [6, 6.07) is 0. The van der Waals surface area contributed by atoms with Crippen LogP contribution in [0.3, 0.4) is 0 Å². The van der Waals surface area contributed by atoms with Crippen molar-refractivity contribution in [1.82, 2.24) is 4.90 Å². The maximum atomic E-state index is 10.9. The number of sulfonamides is 1. The van der Waals surface area contributed by atoms with E-state index in [0.29, 0.717) is 12.8 Å². The summed E-state index contributed by atoms with van der Waals surface area (Å²) in [5, 5.41) is 4.74. The van der Waals surface area contributed by atoms with Gasteiger partial charge in [-0.3, -0.25) is 4.90 Å². The highest BCUT2D eigenvalue weighted by Crippen LogP contribution is 2.15. The number of halogens is 1. The number of nitrogens with two attached hydrogens (primary N) is 1. The van der Waals surface area contributed by atoms with E-state index in [0.717, 1.165) is 17.6 Å². The standard InChI is InChI=1S/C6H13IN2O2S/c7-5-9-3-1-6(2-4-9)12(8,10)11/h6H,1-5H2,(H2,8,10,11). The molecule has 1 fully saturated rings. The number of hydrogen-bond donors (Lipinski definition) is 1. The molecule has 0 aliphatic carbocycles. The third-order valence-electron chi connectivity index (χ3n) is 2.17. The van der Waals surface area contributed by atoms with Gasteiger partial charge in [0.2, 0.25) is 10.0 Å². The van der Waals surface area contributed by atoms with Gasteiger partial charge >= 0.3 is 0 Å². The Kier molecular flexibility index (Phi) is 3.74. The fourth-order valence-electron chi connectivity index (χ4n) is 1.36. The molecule has 0 saturated carbocycles. The average molecular weight is 304 g/mol. The van der Waals surface area contributed by atoms with Crippen molar-refractivity contribution in [2.24, 2.45) is 5.14 Å². The highest BCUT2D eigenvalue weighted by Gasteiger charge is 2.26. The lowest BCUT2D eigenvalue weighted by atomic mass is 10.1. The van der Waals surface area contributed by atoms with Crippen molar-refractivity contribution < 1.29 is 8.42 Å². The van der Waals surface area contributed by atoms with Crippen LogP contribution in [-0.4, -0.2) is 36.2 Å². The summed E-state index contributed by atoms with van der Waals surface area (Å²) in [5.74, 6) is 0. The lowest BCUT2D eigenvalue weighted by Crippen LogP contribution is -2.40. The van der Waals surface area contributed by atoms with Gasteiger partial charge in [0, 0.05) is 13.1 Å². The van der Waals surface area contributed by atoms with Crippen LogP contribution in [0.4, 0.5) is 0 Å². The second-order valence-electron chi connectivity index (χ2n) is 3.03. The molecule has 1 heterocycles. The number of rotatable bonds is 2. The first-order valence-corrected chi connectivity index (χ1v) is 6.97. The van der Waals surface area contributed by atoms with Gasteiger partial charge in [0.25, 0.3) is 0 Å². The molecular weight excluding hydrogens is 291 g/mol. The fraction of sp³-hybridized carbons (Fsp3) is 1.00. The van der Waals surface area contributed by atoms with Crippen molar-refractivity contribution in [3.05, 3.63) is 0 Å². The molecule has 0 aromatic carbocycles. The summed E-state index contributed by atoms with van der Waals surface area (Å²) in [5.41, 5.74) is 0. The number of primary sulfonamides is 1. The molecule has 1 saturated heterocycles. The Labute approximate surface area is 86.7 Å². The quantitative estimate of drug-likeness (QED) is 0.448. The Morgan fingerprint density at radius 3 is 2.25 bits per heavy atom. The van der Waals surface area contributed by atoms with Crippen LogP contribution in [0.15, 0.2) is 0 Å². The van der Waals surface area contributed by atoms with Gasteiger partial charge in [0.1, 0.15) is 0 Å². The Morgan fingerprint density at radius 2 is 1.92 bits per heavy atom. The van der Waals surface area contributed by atoms with Gasteiger partial charge in [-0.25, -0.2) is 13.6 Å². The molecular formula is C6H13IN2O2S. The van der Waals surface area contributed by atoms with E-state index >= 15 is 0 Å². The molecule has 0 atom stereocenters. The van der Waals surface area contributed by atoms with Gasteiger partial charge in [0.15, 0.2) is 0 Å². The average Bonchev–Trinajstić information content (AvgIpc) is 2.03. The molecule has 1 rings (SSSR count). The van der Waals surface area contributed by atoms with E-state index in [1.807, 2.05) is 0 Å². The number of nitrogens with zero attached hydrogens (tertiary/aromatic N) is 1. The van der Waals surface area contributed by atoms with Gasteiger partial charge in [0.05, 0.1) is 9.80 Å². The van der Waals surface area contributed by atoms with Crippen molar-refractivity contribution in [3.8, 4) is 0 Å². The van der Waals surface area contributed by atoms with Gasteiger partial charge < -0.3 is 0 Å². The van der Waals surface area contributed by atoms with E-state index in [-0.39, 0.29) is 5.25 Å². The summed E-state index contributed by atoms with van der Waals surface area (Å²) >= 11 is 2.28. The van der Waals surface area contributed by atoms with Crippen LogP contribution in [0.1, 0.15) is 12.8 Å². The summed E-state index contributed by atoms with van der Waals surface area (Å²) in [7, 11) is -3.29. The highest BCUT2D eigenvalue weighted by molar-refractivity contribution is 14.1. The smallest absolute Gasteiger partial charge is 0.212 e. The molecule has 0 spiro atoms. The van der Waals surface area contributed by atoms with E-state index < -0.39 is 10.0 Å². The van der Waals surface area contributed by atoms with Crippen molar-refractivity contribution in [2.45, 2.75) is 18.1 Å². The summed E-state index contributed by atoms with van der Waals surface area (Å²) < 4.78 is 22.8. The molecule has 0 unspecified atom stereocenters. The van der Waals surface area contributed by atoms with Crippen molar-refractivity contribution >= 4 is 32.6 Å². The zero-order chi connectivity index (χ0) is 9.19. The van der Waals surface area contributed by atoms with Gasteiger partial charge in [-0.15, -0.1) is 0 Å². The first-order valence-electron chi connectivity index (χ1n) is 3.84. The van der Waals surface area contributed by atoms with Crippen LogP contribution in [0.5, 0.6) is 0 Å². The third-order valence-corrected chi connectivity index (χ3v) is 4.53. The summed E-state index contributed by atoms with van der Waals surface area (Å²) in [6.45, 7) is 1.70. The van der Waals surface area contributed by atoms with Crippen LogP contribution < -0.4 is 5.14 Å². The van der Waals surface area contributed by atoms with Gasteiger partial charge in [-0.1, -0.05) is 22.6 Å². The third kappa shape index (κ3) is 2.82. The van der Waals surface area contributed by atoms with Gasteiger partial charge in [-0.05, 0) is 12.8 Å². The lowest BCUT2D eigenvalue weighted by molar-refractivity contribution is 0.272. The monoisotopic (exact) mass is 304 g/mol. The fourth-order valence-corrected chi connectivity index (χ4v) is 2.91. The molecule has 6 heteroatoms. The minimum atomic E-state index is -3.29. The predicted molar refractivity (Wildman–Crippen MR) is 56.6 cm³/mol. The van der Waals surface area contributed by atoms with E-state index in [4.69, 9.17) is 5.14 Å². The predicted octanol–water partition coefficient (Wildman–Crippen LogP) is 0.132. The lowest BCUT2D eigenvalue weighted by Gasteiger charge is -2.28. The molecule has 0 aromatic rings. The minimum Gasteiger partial charge on any atom is -0.294 e. The summed E-state index contributed by atoms with van der Waals surface area (Å²) in [6.07, 6.45) is 1.36. The molecule has 0 radical (unpaired) electrons. The maximum absolute atomic E-state index is 10.9. The highest BCUT2D eigenvalue weighted by atomic mass is 127. The van der Waals surface area contributed by atoms with Crippen molar-refractivity contribution in [3.63, 3.8) is 0 Å². The zero-order valence-electron chi connectivity index (χ0n) is 6.74. The van der Waals surface area contributed by atoms with Crippen LogP contribution in [0.25, 0.3) is 0 Å². The first kappa shape index (κ1) is 10.7. The van der Waals surface area contributed by atoms with E-state index in [9.17, 15) is 8.42 Å². The second-order valence-corrected chi connectivity index (χ2v) is 5.55. The molecule has 4 nitrogen and oxygen atoms in total. The SMILES string of the molecule is NS(=O)(=O)C1CCN(CI)CC1. The molecule has 0 amide bonds. The number of likely N-dealkylation sites (tertiary alicyclic amines) is 1. The molecule has 0 aromatic heterocycles. The first-order chi connectivity index (χ1) is 5.54. The summed E-state index contributed by atoms with van der Waals surface area (Å²) in [4.78, 5) is 2.22. The second kappa shape index (κ2) is 4.21. The maximum Gasteiger partial charge on any atom is 0.212 e. The van der Waals surface area contributed by atoms with Crippen LogP contribution in [0.2, 0.25) is 0 Å². The molecule has 72 valence electrons. The normalized spacial score (nSPS) is 22.8. The Balaban J connectivity index is 2.47. The van der Waals surface area contributed by atoms with Crippen LogP contribution in [0, 0.1) is 0 Å². The van der Waals surface area contributed by atoms with E-state index in [1.54, 1.807) is 0 Å². The molecule has 1 aliphatic heterocycles. The zero-order valence-corrected chi connectivity index (χ0v) is 9.71. The van der Waals surface area contributed by atoms with Crippen LogP contribution in [-0.2, 0) is 10.0 Å². The number of alkyl halides is 1. The number of hydrogen-bond acceptors (Lipinski definition) is 3. The number of piperidine rings is 1. The van der Waals surface area contributed by atoms with Crippen molar-refractivity contribution in [2.75, 3.05) is 17.6 Å². The van der Waals surface area contributed by atoms with Crippen molar-refractivity contribution in [1.29, 1.82) is 0 Å². The molecule has 1 aliphatic rings. The Hall–Kier alpha value is 0.600. The largest absolute Gasteiger partial charge is 0.294 e. The van der Waals surface area contributed by atoms with E-state index in [2.05, 4.69) is 27.5 Å². The molecule has 12 heavy (non-hydrogen) atoms. The van der Waals surface area contributed by atoms with Gasteiger partial charge in [-0.2, -0.15) is 0 Å². The molecule has 2 N–H and O–H groups in total. The Morgan fingerprint density at radius 1 is 1.42 bits per heavy atom. The molecule has 0 bridgehead atoms. The van der Waals surface area contributed by atoms with Crippen LogP contribution >= 0.6 is 22.6 Å².